The van der Waals surface area contributed by atoms with Crippen LogP contribution in [0.1, 0.15) is 16.8 Å². The number of urea groups is 1. The van der Waals surface area contributed by atoms with Crippen molar-refractivity contribution >= 4 is 17.7 Å². The van der Waals surface area contributed by atoms with Gasteiger partial charge in [-0.2, -0.15) is 0 Å². The van der Waals surface area contributed by atoms with Gasteiger partial charge in [0.25, 0.3) is 0 Å². The molecule has 6 heteroatoms. The number of aromatic hydroxyl groups is 1. The summed E-state index contributed by atoms with van der Waals surface area (Å²) in [4.78, 5) is 22.2. The Bertz CT molecular complexity index is 471. The minimum absolute atomic E-state index is 0.265. The summed E-state index contributed by atoms with van der Waals surface area (Å²) < 4.78 is 0. The lowest BCUT2D eigenvalue weighted by Crippen LogP contribution is -2.29. The zero-order chi connectivity index (χ0) is 13.5. The van der Waals surface area contributed by atoms with Crippen LogP contribution < -0.4 is 10.6 Å². The first kappa shape index (κ1) is 13.6. The Morgan fingerprint density at radius 2 is 2.11 bits per heavy atom. The number of anilines is 1. The molecule has 2 amide bonds. The summed E-state index contributed by atoms with van der Waals surface area (Å²) in [6.07, 6.45) is 2.31. The standard InChI is InChI=1S/C12H14N2O4/c1-2-3-6-13-12(18)14-8-4-5-10(15)9(7-8)11(16)17/h2,4-5,7,15H,1,3,6H2,(H,16,17)(H2,13,14,18). The molecule has 0 aromatic heterocycles. The van der Waals surface area contributed by atoms with Gasteiger partial charge in [0, 0.05) is 12.2 Å². The molecule has 6 nitrogen and oxygen atoms in total. The highest BCUT2D eigenvalue weighted by Crippen LogP contribution is 2.21. The van der Waals surface area contributed by atoms with E-state index in [9.17, 15) is 14.7 Å². The van der Waals surface area contributed by atoms with E-state index in [4.69, 9.17) is 5.11 Å². The van der Waals surface area contributed by atoms with E-state index in [1.807, 2.05) is 0 Å². The minimum Gasteiger partial charge on any atom is -0.507 e. The Hall–Kier alpha value is -2.50. The molecule has 0 saturated heterocycles. The van der Waals surface area contributed by atoms with E-state index in [0.717, 1.165) is 0 Å². The molecule has 96 valence electrons. The molecule has 0 aliphatic carbocycles. The lowest BCUT2D eigenvalue weighted by molar-refractivity contribution is 0.0693. The molecular weight excluding hydrogens is 236 g/mol. The van der Waals surface area contributed by atoms with E-state index < -0.39 is 12.0 Å². The highest BCUT2D eigenvalue weighted by Gasteiger charge is 2.11. The van der Waals surface area contributed by atoms with E-state index in [-0.39, 0.29) is 11.3 Å². The maximum atomic E-state index is 11.4. The maximum absolute atomic E-state index is 11.4. The molecule has 18 heavy (non-hydrogen) atoms. The average Bonchev–Trinajstić information content (AvgIpc) is 2.31. The fraction of sp³-hybridized carbons (Fsp3) is 0.167. The zero-order valence-corrected chi connectivity index (χ0v) is 9.64. The molecule has 4 N–H and O–H groups in total. The molecule has 1 aromatic rings. The highest BCUT2D eigenvalue weighted by atomic mass is 16.4. The van der Waals surface area contributed by atoms with Crippen LogP contribution in [0, 0.1) is 0 Å². The number of phenols is 1. The number of aromatic carboxylic acids is 1. The average molecular weight is 250 g/mol. The van der Waals surface area contributed by atoms with Crippen molar-refractivity contribution in [2.45, 2.75) is 6.42 Å². The van der Waals surface area contributed by atoms with Crippen LogP contribution in [0.5, 0.6) is 5.75 Å². The number of hydrogen-bond donors (Lipinski definition) is 4. The third kappa shape index (κ3) is 3.82. The number of nitrogens with one attached hydrogen (secondary N) is 2. The molecular formula is C12H14N2O4. The molecule has 0 radical (unpaired) electrons. The number of carbonyl (C=O) groups is 2. The minimum atomic E-state index is -1.26. The van der Waals surface area contributed by atoms with Crippen molar-refractivity contribution in [2.75, 3.05) is 11.9 Å². The monoisotopic (exact) mass is 250 g/mol. The molecule has 1 rings (SSSR count). The van der Waals surface area contributed by atoms with Crippen molar-refractivity contribution in [1.82, 2.24) is 5.32 Å². The number of rotatable bonds is 5. The van der Waals surface area contributed by atoms with Gasteiger partial charge in [0.1, 0.15) is 11.3 Å². The second-order valence-electron chi connectivity index (χ2n) is 3.50. The maximum Gasteiger partial charge on any atom is 0.339 e. The predicted molar refractivity (Wildman–Crippen MR) is 66.9 cm³/mol. The zero-order valence-electron chi connectivity index (χ0n) is 9.64. The van der Waals surface area contributed by atoms with Crippen LogP contribution in [-0.2, 0) is 0 Å². The first-order valence-electron chi connectivity index (χ1n) is 5.26. The smallest absolute Gasteiger partial charge is 0.339 e. The van der Waals surface area contributed by atoms with Crippen LogP contribution in [-0.4, -0.2) is 28.8 Å². The topological polar surface area (TPSA) is 98.7 Å². The summed E-state index contributed by atoms with van der Waals surface area (Å²) in [5, 5.41) is 23.1. The van der Waals surface area contributed by atoms with Gasteiger partial charge in [0.2, 0.25) is 0 Å². The number of carbonyl (C=O) groups excluding carboxylic acids is 1. The van der Waals surface area contributed by atoms with Crippen LogP contribution >= 0.6 is 0 Å². The first-order chi connectivity index (χ1) is 8.54. The van der Waals surface area contributed by atoms with Crippen molar-refractivity contribution in [1.29, 1.82) is 0 Å². The number of carboxylic acids is 1. The molecule has 0 saturated carbocycles. The van der Waals surface area contributed by atoms with Gasteiger partial charge >= 0.3 is 12.0 Å². The second-order valence-corrected chi connectivity index (χ2v) is 3.50. The number of amides is 2. The Labute approximate surface area is 104 Å². The summed E-state index contributed by atoms with van der Waals surface area (Å²) in [5.74, 6) is -1.61. The third-order valence-corrected chi connectivity index (χ3v) is 2.12. The molecule has 0 unspecified atom stereocenters. The molecule has 0 aliphatic rings. The van der Waals surface area contributed by atoms with Gasteiger partial charge < -0.3 is 20.8 Å². The lowest BCUT2D eigenvalue weighted by Gasteiger charge is -2.08. The fourth-order valence-corrected chi connectivity index (χ4v) is 1.25. The van der Waals surface area contributed by atoms with Crippen molar-refractivity contribution in [3.05, 3.63) is 36.4 Å². The van der Waals surface area contributed by atoms with Crippen LogP contribution in [0.4, 0.5) is 10.5 Å². The Morgan fingerprint density at radius 1 is 1.39 bits per heavy atom. The van der Waals surface area contributed by atoms with Crippen LogP contribution in [0.25, 0.3) is 0 Å². The van der Waals surface area contributed by atoms with Crippen LogP contribution in [0.2, 0.25) is 0 Å². The van der Waals surface area contributed by atoms with Crippen molar-refractivity contribution in [3.63, 3.8) is 0 Å². The van der Waals surface area contributed by atoms with Gasteiger partial charge in [-0.3, -0.25) is 0 Å². The summed E-state index contributed by atoms with van der Waals surface area (Å²) >= 11 is 0. The van der Waals surface area contributed by atoms with E-state index in [0.29, 0.717) is 18.7 Å². The lowest BCUT2D eigenvalue weighted by atomic mass is 10.2. The summed E-state index contributed by atoms with van der Waals surface area (Å²) in [7, 11) is 0. The first-order valence-corrected chi connectivity index (χ1v) is 5.26. The van der Waals surface area contributed by atoms with Crippen molar-refractivity contribution in [2.24, 2.45) is 0 Å². The van der Waals surface area contributed by atoms with Gasteiger partial charge in [-0.05, 0) is 24.6 Å². The highest BCUT2D eigenvalue weighted by molar-refractivity contribution is 5.95. The van der Waals surface area contributed by atoms with Crippen LogP contribution in [0.3, 0.4) is 0 Å². The summed E-state index contributed by atoms with van der Waals surface area (Å²) in [6.45, 7) is 3.96. The van der Waals surface area contributed by atoms with Gasteiger partial charge in [-0.1, -0.05) is 6.08 Å². The van der Waals surface area contributed by atoms with Gasteiger partial charge in [-0.15, -0.1) is 6.58 Å². The Kier molecular flexibility index (Phi) is 4.74. The molecule has 0 atom stereocenters. The predicted octanol–water partition coefficient (Wildman–Crippen LogP) is 1.79. The molecule has 0 spiro atoms. The van der Waals surface area contributed by atoms with Gasteiger partial charge in [0.05, 0.1) is 0 Å². The summed E-state index contributed by atoms with van der Waals surface area (Å²) in [6, 6.07) is 3.36. The van der Waals surface area contributed by atoms with E-state index >= 15 is 0 Å². The normalized spacial score (nSPS) is 9.56. The number of hydrogen-bond acceptors (Lipinski definition) is 3. The number of benzene rings is 1. The number of carboxylic acid groups (broad SMARTS) is 1. The largest absolute Gasteiger partial charge is 0.507 e. The molecule has 0 fully saturated rings. The third-order valence-electron chi connectivity index (χ3n) is 2.12. The fourth-order valence-electron chi connectivity index (χ4n) is 1.25. The molecule has 0 aliphatic heterocycles. The Balaban J connectivity index is 2.67. The van der Waals surface area contributed by atoms with Gasteiger partial charge in [-0.25, -0.2) is 9.59 Å². The van der Waals surface area contributed by atoms with E-state index in [1.54, 1.807) is 6.08 Å². The van der Waals surface area contributed by atoms with Crippen molar-refractivity contribution in [3.8, 4) is 5.75 Å². The molecule has 1 aromatic carbocycles. The van der Waals surface area contributed by atoms with Crippen LogP contribution in [0.15, 0.2) is 30.9 Å². The quantitative estimate of drug-likeness (QED) is 0.363. The summed E-state index contributed by atoms with van der Waals surface area (Å²) in [5.41, 5.74) is 0.0280. The SMILES string of the molecule is C=CCCNC(=O)Nc1ccc(O)c(C(=O)O)c1. The van der Waals surface area contributed by atoms with Gasteiger partial charge in [0.15, 0.2) is 0 Å². The molecule has 0 bridgehead atoms. The van der Waals surface area contributed by atoms with E-state index in [2.05, 4.69) is 17.2 Å². The Morgan fingerprint density at radius 3 is 2.72 bits per heavy atom. The van der Waals surface area contributed by atoms with Crippen molar-refractivity contribution < 1.29 is 19.8 Å². The second kappa shape index (κ2) is 6.29. The van der Waals surface area contributed by atoms with E-state index in [1.165, 1.54) is 18.2 Å². The molecule has 0 heterocycles.